The van der Waals surface area contributed by atoms with Gasteiger partial charge in [0, 0.05) is 16.5 Å². The fourth-order valence-corrected chi connectivity index (χ4v) is 2.83. The molecule has 1 aromatic rings. The Labute approximate surface area is 131 Å². The summed E-state index contributed by atoms with van der Waals surface area (Å²) in [6, 6.07) is 7.61. The molecule has 5 heteroatoms. The number of nitrogens with zero attached hydrogens (tertiary/aromatic N) is 1. The highest BCUT2D eigenvalue weighted by molar-refractivity contribution is 8.00. The van der Waals surface area contributed by atoms with Gasteiger partial charge in [-0.1, -0.05) is 18.5 Å². The third-order valence-electron chi connectivity index (χ3n) is 2.84. The molecule has 0 fully saturated rings. The van der Waals surface area contributed by atoms with Gasteiger partial charge in [-0.15, -0.1) is 11.8 Å². The average Bonchev–Trinajstić information content (AvgIpc) is 2.42. The summed E-state index contributed by atoms with van der Waals surface area (Å²) in [5, 5.41) is 3.68. The Morgan fingerprint density at radius 3 is 2.55 bits per heavy atom. The van der Waals surface area contributed by atoms with Gasteiger partial charge in [-0.05, 0) is 57.7 Å². The lowest BCUT2D eigenvalue weighted by molar-refractivity contribution is -0.120. The van der Waals surface area contributed by atoms with Crippen molar-refractivity contribution in [1.82, 2.24) is 10.2 Å². The average molecular weight is 315 g/mol. The van der Waals surface area contributed by atoms with Crippen LogP contribution in [0.4, 0.5) is 0 Å². The quantitative estimate of drug-likeness (QED) is 0.590. The van der Waals surface area contributed by atoms with Crippen LogP contribution in [0.3, 0.4) is 0 Å². The second kappa shape index (κ2) is 9.27. The minimum absolute atomic E-state index is 0.0458. The number of hydrogen-bond donors (Lipinski definition) is 1. The molecule has 1 amide bonds. The van der Waals surface area contributed by atoms with Crippen molar-refractivity contribution in [2.24, 2.45) is 0 Å². The summed E-state index contributed by atoms with van der Waals surface area (Å²) < 4.78 is 0. The van der Waals surface area contributed by atoms with E-state index in [0.29, 0.717) is 0 Å². The van der Waals surface area contributed by atoms with Gasteiger partial charge in [0.05, 0.1) is 5.25 Å². The van der Waals surface area contributed by atoms with Crippen LogP contribution in [0.1, 0.15) is 19.8 Å². The minimum Gasteiger partial charge on any atom is -0.355 e. The van der Waals surface area contributed by atoms with Crippen molar-refractivity contribution in [1.29, 1.82) is 0 Å². The number of amides is 1. The number of thioether (sulfide) groups is 1. The van der Waals surface area contributed by atoms with E-state index in [-0.39, 0.29) is 11.2 Å². The largest absolute Gasteiger partial charge is 0.355 e. The van der Waals surface area contributed by atoms with Crippen LogP contribution in [0.25, 0.3) is 0 Å². The van der Waals surface area contributed by atoms with Crippen molar-refractivity contribution in [2.45, 2.75) is 29.9 Å². The zero-order chi connectivity index (χ0) is 15.0. The van der Waals surface area contributed by atoms with Crippen LogP contribution >= 0.6 is 23.4 Å². The molecule has 0 saturated carbocycles. The Morgan fingerprint density at radius 1 is 1.35 bits per heavy atom. The van der Waals surface area contributed by atoms with Gasteiger partial charge in [0.2, 0.25) is 5.91 Å². The van der Waals surface area contributed by atoms with E-state index in [2.05, 4.69) is 10.2 Å². The van der Waals surface area contributed by atoms with Crippen LogP contribution in [0.2, 0.25) is 5.02 Å². The monoisotopic (exact) mass is 314 g/mol. The van der Waals surface area contributed by atoms with E-state index in [1.165, 1.54) is 0 Å². The van der Waals surface area contributed by atoms with E-state index >= 15 is 0 Å². The van der Waals surface area contributed by atoms with Crippen molar-refractivity contribution in [3.63, 3.8) is 0 Å². The fourth-order valence-electron chi connectivity index (χ4n) is 1.72. The first-order chi connectivity index (χ1) is 9.52. The molecule has 0 spiro atoms. The molecule has 1 rings (SSSR count). The smallest absolute Gasteiger partial charge is 0.233 e. The summed E-state index contributed by atoms with van der Waals surface area (Å²) in [4.78, 5) is 15.3. The fraction of sp³-hybridized carbons (Fsp3) is 0.533. The summed E-state index contributed by atoms with van der Waals surface area (Å²) in [6.45, 7) is 3.75. The zero-order valence-electron chi connectivity index (χ0n) is 12.4. The van der Waals surface area contributed by atoms with E-state index in [0.717, 1.165) is 35.8 Å². The predicted octanol–water partition coefficient (Wildman–Crippen LogP) is 3.28. The highest BCUT2D eigenvalue weighted by Crippen LogP contribution is 2.26. The second-order valence-corrected chi connectivity index (χ2v) is 6.63. The van der Waals surface area contributed by atoms with Gasteiger partial charge in [0.25, 0.3) is 0 Å². The Kier molecular flexibility index (Phi) is 8.04. The number of hydrogen-bond acceptors (Lipinski definition) is 3. The molecule has 0 aliphatic carbocycles. The van der Waals surface area contributed by atoms with Crippen LogP contribution in [-0.4, -0.2) is 43.2 Å². The van der Waals surface area contributed by atoms with Crippen LogP contribution in [0.15, 0.2) is 29.2 Å². The summed E-state index contributed by atoms with van der Waals surface area (Å²) in [5.41, 5.74) is 0. The van der Waals surface area contributed by atoms with E-state index in [1.807, 2.05) is 45.3 Å². The molecule has 20 heavy (non-hydrogen) atoms. The molecular weight excluding hydrogens is 292 g/mol. The molecule has 0 heterocycles. The lowest BCUT2D eigenvalue weighted by atomic mass is 10.3. The van der Waals surface area contributed by atoms with Crippen molar-refractivity contribution >= 4 is 29.3 Å². The first-order valence-corrected chi connectivity index (χ1v) is 8.13. The lowest BCUT2D eigenvalue weighted by Crippen LogP contribution is -2.34. The first kappa shape index (κ1) is 17.3. The maximum absolute atomic E-state index is 12.1. The predicted molar refractivity (Wildman–Crippen MR) is 87.6 cm³/mol. The molecule has 1 N–H and O–H groups in total. The van der Waals surface area contributed by atoms with Gasteiger partial charge < -0.3 is 10.2 Å². The van der Waals surface area contributed by atoms with Crippen LogP contribution in [0.5, 0.6) is 0 Å². The molecule has 1 atom stereocenters. The standard InChI is InChI=1S/C15H23ClN2OS/c1-4-14(15(19)17-10-5-11-18(2)3)20-13-8-6-12(16)7-9-13/h6-9,14H,4-5,10-11H2,1-3H3,(H,17,19)/t14-/m0/s1. The Bertz CT molecular complexity index is 409. The van der Waals surface area contributed by atoms with Gasteiger partial charge in [-0.25, -0.2) is 0 Å². The molecule has 3 nitrogen and oxygen atoms in total. The van der Waals surface area contributed by atoms with Crippen molar-refractivity contribution in [2.75, 3.05) is 27.2 Å². The molecule has 1 aromatic carbocycles. The van der Waals surface area contributed by atoms with Crippen LogP contribution < -0.4 is 5.32 Å². The molecule has 0 saturated heterocycles. The Morgan fingerprint density at radius 2 is 2.00 bits per heavy atom. The van der Waals surface area contributed by atoms with Gasteiger partial charge in [0.1, 0.15) is 0 Å². The van der Waals surface area contributed by atoms with Crippen molar-refractivity contribution < 1.29 is 4.79 Å². The van der Waals surface area contributed by atoms with Crippen molar-refractivity contribution in [3.05, 3.63) is 29.3 Å². The number of rotatable bonds is 8. The lowest BCUT2D eigenvalue weighted by Gasteiger charge is -2.15. The highest BCUT2D eigenvalue weighted by atomic mass is 35.5. The third kappa shape index (κ3) is 6.64. The summed E-state index contributed by atoms with van der Waals surface area (Å²) >= 11 is 7.45. The van der Waals surface area contributed by atoms with E-state index in [9.17, 15) is 4.79 Å². The normalized spacial score (nSPS) is 12.4. The Hall–Kier alpha value is -0.710. The van der Waals surface area contributed by atoms with Crippen molar-refractivity contribution in [3.8, 4) is 0 Å². The molecule has 0 aliphatic heterocycles. The molecule has 0 aromatic heterocycles. The number of carbonyl (C=O) groups is 1. The van der Waals surface area contributed by atoms with Gasteiger partial charge in [-0.2, -0.15) is 0 Å². The van der Waals surface area contributed by atoms with Gasteiger partial charge >= 0.3 is 0 Å². The summed E-state index contributed by atoms with van der Waals surface area (Å²) in [7, 11) is 4.07. The van der Waals surface area contributed by atoms with Gasteiger partial charge in [-0.3, -0.25) is 4.79 Å². The second-order valence-electron chi connectivity index (χ2n) is 4.92. The van der Waals surface area contributed by atoms with E-state index < -0.39 is 0 Å². The first-order valence-electron chi connectivity index (χ1n) is 6.87. The number of carbonyl (C=O) groups excluding carboxylic acids is 1. The third-order valence-corrected chi connectivity index (χ3v) is 4.46. The SMILES string of the molecule is CC[C@H](Sc1ccc(Cl)cc1)C(=O)NCCCN(C)C. The molecule has 0 bridgehead atoms. The summed E-state index contributed by atoms with van der Waals surface area (Å²) in [5.74, 6) is 0.117. The van der Waals surface area contributed by atoms with E-state index in [4.69, 9.17) is 11.6 Å². The maximum atomic E-state index is 12.1. The van der Waals surface area contributed by atoms with Crippen LogP contribution in [0, 0.1) is 0 Å². The Balaban J connectivity index is 2.40. The van der Waals surface area contributed by atoms with E-state index in [1.54, 1.807) is 11.8 Å². The number of nitrogens with one attached hydrogen (secondary N) is 1. The highest BCUT2D eigenvalue weighted by Gasteiger charge is 2.17. The molecule has 0 unspecified atom stereocenters. The van der Waals surface area contributed by atoms with Gasteiger partial charge in [0.15, 0.2) is 0 Å². The summed E-state index contributed by atoms with van der Waals surface area (Å²) in [6.07, 6.45) is 1.79. The maximum Gasteiger partial charge on any atom is 0.233 e. The number of benzene rings is 1. The van der Waals surface area contributed by atoms with Crippen LogP contribution in [-0.2, 0) is 4.79 Å². The molecule has 112 valence electrons. The minimum atomic E-state index is -0.0458. The molecule has 0 aliphatic rings. The molecular formula is C15H23ClN2OS. The number of halogens is 1. The molecule has 0 radical (unpaired) electrons. The topological polar surface area (TPSA) is 32.3 Å². The zero-order valence-corrected chi connectivity index (χ0v) is 13.9.